The van der Waals surface area contributed by atoms with Gasteiger partial charge >= 0.3 is 6.18 Å². The van der Waals surface area contributed by atoms with Gasteiger partial charge in [-0.1, -0.05) is 43.3 Å². The number of benzene rings is 2. The lowest BCUT2D eigenvalue weighted by atomic mass is 10.1. The van der Waals surface area contributed by atoms with Gasteiger partial charge in [-0.25, -0.2) is 13.1 Å². The van der Waals surface area contributed by atoms with Crippen molar-refractivity contribution in [2.75, 3.05) is 13.2 Å². The van der Waals surface area contributed by atoms with Crippen LogP contribution in [0.15, 0.2) is 59.5 Å². The van der Waals surface area contributed by atoms with E-state index in [0.29, 0.717) is 17.7 Å². The van der Waals surface area contributed by atoms with Gasteiger partial charge in [-0.2, -0.15) is 13.2 Å². The zero-order chi connectivity index (χ0) is 22.9. The third-order valence-electron chi connectivity index (χ3n) is 3.98. The van der Waals surface area contributed by atoms with Gasteiger partial charge in [0.2, 0.25) is 15.9 Å². The second kappa shape index (κ2) is 11.1. The Hall–Kier alpha value is -2.69. The maximum atomic E-state index is 12.1. The Bertz CT molecular complexity index is 987. The first kappa shape index (κ1) is 24.6. The van der Waals surface area contributed by atoms with Crippen LogP contribution in [0.4, 0.5) is 13.2 Å². The number of ether oxygens (including phenoxy) is 1. The van der Waals surface area contributed by atoms with E-state index in [1.807, 2.05) is 0 Å². The molecule has 2 rings (SSSR count). The highest BCUT2D eigenvalue weighted by Gasteiger charge is 2.27. The molecule has 0 saturated heterocycles. The molecule has 2 aromatic rings. The van der Waals surface area contributed by atoms with Crippen LogP contribution in [-0.2, 0) is 32.7 Å². The smallest absolute Gasteiger partial charge is 0.367 e. The largest absolute Gasteiger partial charge is 0.411 e. The van der Waals surface area contributed by atoms with Crippen LogP contribution in [0.1, 0.15) is 23.6 Å². The van der Waals surface area contributed by atoms with Gasteiger partial charge < -0.3 is 10.1 Å². The van der Waals surface area contributed by atoms with Crippen molar-refractivity contribution in [3.8, 4) is 0 Å². The Morgan fingerprint density at radius 2 is 1.65 bits per heavy atom. The fourth-order valence-corrected chi connectivity index (χ4v) is 3.53. The van der Waals surface area contributed by atoms with E-state index < -0.39 is 22.8 Å². The van der Waals surface area contributed by atoms with Crippen LogP contribution in [0.3, 0.4) is 0 Å². The lowest BCUT2D eigenvalue weighted by Crippen LogP contribution is -2.23. The molecule has 0 aliphatic carbocycles. The fraction of sp³-hybridized carbons (Fsp3) is 0.286. The Kier molecular flexibility index (Phi) is 8.78. The molecule has 0 bridgehead atoms. The summed E-state index contributed by atoms with van der Waals surface area (Å²) < 4.78 is 67.0. The molecule has 31 heavy (non-hydrogen) atoms. The monoisotopic (exact) mass is 456 g/mol. The van der Waals surface area contributed by atoms with Crippen molar-refractivity contribution in [3.63, 3.8) is 0 Å². The summed E-state index contributed by atoms with van der Waals surface area (Å²) in [5.74, 6) is -0.345. The van der Waals surface area contributed by atoms with Crippen LogP contribution >= 0.6 is 0 Å². The van der Waals surface area contributed by atoms with Crippen molar-refractivity contribution in [3.05, 3.63) is 71.3 Å². The van der Waals surface area contributed by atoms with Crippen molar-refractivity contribution < 1.29 is 31.1 Å². The van der Waals surface area contributed by atoms with Gasteiger partial charge in [0.1, 0.15) is 6.61 Å². The molecule has 0 saturated carbocycles. The van der Waals surface area contributed by atoms with Gasteiger partial charge in [0, 0.05) is 19.2 Å². The Morgan fingerprint density at radius 1 is 1.03 bits per heavy atom. The average molecular weight is 456 g/mol. The molecule has 0 unspecified atom stereocenters. The third kappa shape index (κ3) is 8.91. The van der Waals surface area contributed by atoms with Crippen LogP contribution < -0.4 is 10.0 Å². The number of nitrogens with one attached hydrogen (secondary N) is 2. The van der Waals surface area contributed by atoms with Gasteiger partial charge in [-0.05, 0) is 34.9 Å². The molecule has 1 amide bonds. The van der Waals surface area contributed by atoms with Crippen molar-refractivity contribution in [1.29, 1.82) is 0 Å². The molecular formula is C21H23F3N2O4S. The molecule has 0 aromatic heterocycles. The van der Waals surface area contributed by atoms with E-state index in [4.69, 9.17) is 0 Å². The zero-order valence-corrected chi connectivity index (χ0v) is 17.6. The lowest BCUT2D eigenvalue weighted by Gasteiger charge is -2.08. The third-order valence-corrected chi connectivity index (χ3v) is 5.54. The number of rotatable bonds is 10. The van der Waals surface area contributed by atoms with E-state index in [9.17, 15) is 26.4 Å². The van der Waals surface area contributed by atoms with Crippen molar-refractivity contribution in [2.24, 2.45) is 0 Å². The topological polar surface area (TPSA) is 84.5 Å². The Labute approximate surface area is 179 Å². The van der Waals surface area contributed by atoms with Crippen molar-refractivity contribution in [1.82, 2.24) is 10.0 Å². The van der Waals surface area contributed by atoms with E-state index in [0.717, 1.165) is 5.56 Å². The number of sulfonamides is 1. The summed E-state index contributed by atoms with van der Waals surface area (Å²) in [4.78, 5) is 12.1. The van der Waals surface area contributed by atoms with Crippen LogP contribution in [-0.4, -0.2) is 33.7 Å². The summed E-state index contributed by atoms with van der Waals surface area (Å²) in [6, 6.07) is 12.7. The molecule has 0 spiro atoms. The van der Waals surface area contributed by atoms with E-state index in [-0.39, 0.29) is 24.0 Å². The van der Waals surface area contributed by atoms with Gasteiger partial charge in [-0.3, -0.25) is 4.79 Å². The average Bonchev–Trinajstić information content (AvgIpc) is 2.71. The summed E-state index contributed by atoms with van der Waals surface area (Å²) in [5, 5.41) is 2.69. The molecule has 0 radical (unpaired) electrons. The summed E-state index contributed by atoms with van der Waals surface area (Å²) in [7, 11) is -3.52. The van der Waals surface area contributed by atoms with Gasteiger partial charge in [-0.15, -0.1) is 0 Å². The fourth-order valence-electron chi connectivity index (χ4n) is 2.49. The summed E-state index contributed by atoms with van der Waals surface area (Å²) >= 11 is 0. The summed E-state index contributed by atoms with van der Waals surface area (Å²) in [5.41, 5.74) is 2.03. The second-order valence-corrected chi connectivity index (χ2v) is 8.31. The minimum absolute atomic E-state index is 0.142. The molecular weight excluding hydrogens is 433 g/mol. The first-order chi connectivity index (χ1) is 14.6. The Balaban J connectivity index is 1.81. The number of carbonyl (C=O) groups is 1. The maximum Gasteiger partial charge on any atom is 0.411 e. The highest BCUT2D eigenvalue weighted by Crippen LogP contribution is 2.16. The minimum atomic E-state index is -4.36. The van der Waals surface area contributed by atoms with Crippen LogP contribution in [0.5, 0.6) is 0 Å². The van der Waals surface area contributed by atoms with E-state index >= 15 is 0 Å². The van der Waals surface area contributed by atoms with Crippen LogP contribution in [0.25, 0.3) is 6.08 Å². The SMILES string of the molecule is CCNS(=O)(=O)c1ccc(/C=C/C(=O)NCc2ccc(COCC(F)(F)F)cc2)cc1. The molecule has 2 aromatic carbocycles. The van der Waals surface area contributed by atoms with E-state index in [1.54, 1.807) is 49.4 Å². The number of alkyl halides is 3. The van der Waals surface area contributed by atoms with Crippen molar-refractivity contribution in [2.45, 2.75) is 31.1 Å². The molecule has 0 heterocycles. The number of halogens is 3. The maximum absolute atomic E-state index is 12.1. The second-order valence-electron chi connectivity index (χ2n) is 6.55. The molecule has 6 nitrogen and oxygen atoms in total. The molecule has 2 N–H and O–H groups in total. The number of hydrogen-bond acceptors (Lipinski definition) is 4. The van der Waals surface area contributed by atoms with E-state index in [1.165, 1.54) is 18.2 Å². The Morgan fingerprint density at radius 3 is 2.23 bits per heavy atom. The first-order valence-electron chi connectivity index (χ1n) is 9.37. The number of hydrogen-bond donors (Lipinski definition) is 2. The standard InChI is InChI=1S/C21H23F3N2O4S/c1-2-26-31(28,29)19-10-7-16(8-11-19)9-12-20(27)25-13-17-3-5-18(6-4-17)14-30-15-21(22,23)24/h3-12,26H,2,13-15H2,1H3,(H,25,27)/b12-9+. The first-order valence-corrected chi connectivity index (χ1v) is 10.9. The predicted molar refractivity (Wildman–Crippen MR) is 110 cm³/mol. The van der Waals surface area contributed by atoms with Gasteiger partial charge in [0.25, 0.3) is 0 Å². The zero-order valence-electron chi connectivity index (χ0n) is 16.8. The molecule has 10 heteroatoms. The molecule has 168 valence electrons. The van der Waals surface area contributed by atoms with Gasteiger partial charge in [0.15, 0.2) is 0 Å². The molecule has 0 aliphatic heterocycles. The predicted octanol–water partition coefficient (Wildman–Crippen LogP) is 3.39. The quantitative estimate of drug-likeness (QED) is 0.537. The molecule has 0 aliphatic rings. The van der Waals surface area contributed by atoms with Crippen molar-refractivity contribution >= 4 is 22.0 Å². The minimum Gasteiger partial charge on any atom is -0.367 e. The lowest BCUT2D eigenvalue weighted by molar-refractivity contribution is -0.176. The van der Waals surface area contributed by atoms with Gasteiger partial charge in [0.05, 0.1) is 11.5 Å². The summed E-state index contributed by atoms with van der Waals surface area (Å²) in [6.07, 6.45) is -1.48. The van der Waals surface area contributed by atoms with Crippen LogP contribution in [0, 0.1) is 0 Å². The molecule has 0 atom stereocenters. The molecule has 0 fully saturated rings. The number of amides is 1. The normalized spacial score (nSPS) is 12.3. The highest BCUT2D eigenvalue weighted by atomic mass is 32.2. The van der Waals surface area contributed by atoms with Crippen LogP contribution in [0.2, 0.25) is 0 Å². The highest BCUT2D eigenvalue weighted by molar-refractivity contribution is 7.89. The summed E-state index contributed by atoms with van der Waals surface area (Å²) in [6.45, 7) is 0.773. The number of carbonyl (C=O) groups excluding carboxylic acids is 1. The van der Waals surface area contributed by atoms with E-state index in [2.05, 4.69) is 14.8 Å².